The summed E-state index contributed by atoms with van der Waals surface area (Å²) in [5.41, 5.74) is 0. The van der Waals surface area contributed by atoms with E-state index in [4.69, 9.17) is 24.4 Å². The highest BCUT2D eigenvalue weighted by molar-refractivity contribution is 7.96. The summed E-state index contributed by atoms with van der Waals surface area (Å²) in [5, 5.41) is 25.5. The first-order valence-corrected chi connectivity index (χ1v) is 31.0. The average molecular weight is 1310 g/mol. The van der Waals surface area contributed by atoms with E-state index in [1.165, 1.54) is 59.9 Å². The van der Waals surface area contributed by atoms with E-state index >= 15 is 0 Å². The standard InChI is InChI=1S/C32H38O7P.C24H25O2P.C8H14O6.2BrH/c1-26(39-31(34)25-36-2)32(35)38-23-22-37-30(33)21-13-6-14-24-40(27-15-7-3-8-16-27,28-17-9-4-10-18-28)29-19-11-5-12-20-29;25-24(26)19-11-4-12-20-27(21-13-5-1-6-14-21,22-15-7-2-8-16-22)23-17-9-3-10-18-23;1-6(8(11)13-4-3-9)14-7(10)5-12-2;;/h3-5,7-12,15-20,26H,6,13-14,21-25H2,1-2H3;1-3,5-10,13-18H,4,11-12,19-20H2;6,9H,3-5H2,1-2H3;2*1H/q+1;;;;/p-1. The van der Waals surface area contributed by atoms with Crippen LogP contribution in [0.15, 0.2) is 182 Å². The van der Waals surface area contributed by atoms with Crippen molar-refractivity contribution in [3.8, 4) is 0 Å². The van der Waals surface area contributed by atoms with Crippen molar-refractivity contribution in [2.24, 2.45) is 0 Å². The SMILES string of the molecule is COCC(=O)OC(C)C(=O)OCCO.COCC(=O)OC(C)C(=O)OCCOC(=O)CCCCC[P+](c1ccccc1)(c1ccccc1)c1ccccc1.O=C(O)CCCCC[P+](c1ccccc1)(c1ccccc1)c1ccccc1.[Br-].[Br-]. The van der Waals surface area contributed by atoms with Gasteiger partial charge in [-0.25, -0.2) is 19.2 Å². The lowest BCUT2D eigenvalue weighted by atomic mass is 10.2. The van der Waals surface area contributed by atoms with E-state index in [0.717, 1.165) is 44.4 Å². The van der Waals surface area contributed by atoms with Crippen LogP contribution >= 0.6 is 14.5 Å². The zero-order valence-corrected chi connectivity index (χ0v) is 52.6. The number of aliphatic hydroxyl groups excluding tert-OH is 1. The summed E-state index contributed by atoms with van der Waals surface area (Å²) in [5.74, 6) is -3.72. The number of carbonyl (C=O) groups is 6. The first-order chi connectivity index (χ1) is 39.3. The Kier molecular flexibility index (Phi) is 36.7. The van der Waals surface area contributed by atoms with Crippen LogP contribution < -0.4 is 65.8 Å². The third kappa shape index (κ3) is 24.9. The number of halogens is 2. The van der Waals surface area contributed by atoms with Crippen LogP contribution in [0.5, 0.6) is 0 Å². The zero-order chi connectivity index (χ0) is 58.6. The molecule has 0 saturated heterocycles. The second-order valence-corrected chi connectivity index (χ2v) is 25.7. The molecule has 0 saturated carbocycles. The number of carbonyl (C=O) groups excluding carboxylic acids is 5. The molecule has 0 aromatic heterocycles. The summed E-state index contributed by atoms with van der Waals surface area (Å²) in [6.45, 7) is 1.82. The van der Waals surface area contributed by atoms with Crippen molar-refractivity contribution < 1.29 is 106 Å². The molecule has 448 valence electrons. The lowest BCUT2D eigenvalue weighted by molar-refractivity contribution is -0.170. The highest BCUT2D eigenvalue weighted by Gasteiger charge is 2.45. The molecule has 0 aliphatic carbocycles. The summed E-state index contributed by atoms with van der Waals surface area (Å²) in [7, 11) is -0.939. The number of aliphatic hydroxyl groups is 1. The monoisotopic (exact) mass is 1310 g/mol. The molecule has 2 unspecified atom stereocenters. The van der Waals surface area contributed by atoms with Crippen molar-refractivity contribution in [2.75, 3.05) is 66.2 Å². The number of esters is 5. The lowest BCUT2D eigenvalue weighted by Gasteiger charge is -2.27. The van der Waals surface area contributed by atoms with Crippen molar-refractivity contribution in [1.82, 2.24) is 0 Å². The Morgan fingerprint density at radius 3 is 0.976 bits per heavy atom. The van der Waals surface area contributed by atoms with E-state index in [9.17, 15) is 28.8 Å². The third-order valence-corrected chi connectivity index (χ3v) is 21.7. The number of benzene rings is 6. The number of ether oxygens (including phenoxy) is 7. The van der Waals surface area contributed by atoms with Crippen molar-refractivity contribution in [1.29, 1.82) is 0 Å². The van der Waals surface area contributed by atoms with Gasteiger partial charge in [-0.3, -0.25) is 9.59 Å². The lowest BCUT2D eigenvalue weighted by Crippen LogP contribution is -3.00. The van der Waals surface area contributed by atoms with E-state index in [0.29, 0.717) is 12.8 Å². The Morgan fingerprint density at radius 2 is 0.687 bits per heavy atom. The van der Waals surface area contributed by atoms with Gasteiger partial charge in [0.2, 0.25) is 0 Å². The van der Waals surface area contributed by atoms with E-state index < -0.39 is 56.6 Å². The summed E-state index contributed by atoms with van der Waals surface area (Å²) in [4.78, 5) is 68.1. The molecule has 2 N–H and O–H groups in total. The van der Waals surface area contributed by atoms with Crippen molar-refractivity contribution in [3.05, 3.63) is 182 Å². The molecule has 0 fully saturated rings. The Bertz CT molecular complexity index is 2560. The maximum absolute atomic E-state index is 12.2. The number of methoxy groups -OCH3 is 2. The van der Waals surface area contributed by atoms with E-state index in [1.54, 1.807) is 0 Å². The fourth-order valence-corrected chi connectivity index (χ4v) is 17.7. The Hall–Kier alpha value is -6.16. The van der Waals surface area contributed by atoms with Gasteiger partial charge >= 0.3 is 35.8 Å². The summed E-state index contributed by atoms with van der Waals surface area (Å²) >= 11 is 0. The highest BCUT2D eigenvalue weighted by atomic mass is 79.9. The van der Waals surface area contributed by atoms with Crippen LogP contribution in [0.25, 0.3) is 0 Å². The van der Waals surface area contributed by atoms with E-state index in [-0.39, 0.29) is 86.0 Å². The van der Waals surface area contributed by atoms with Crippen LogP contribution in [-0.2, 0) is 61.9 Å². The number of aliphatic carboxylic acids is 1. The molecular weight excluding hydrogens is 1230 g/mol. The molecule has 0 bridgehead atoms. The summed E-state index contributed by atoms with van der Waals surface area (Å²) in [6.07, 6.45) is 5.87. The van der Waals surface area contributed by atoms with Gasteiger partial charge in [-0.1, -0.05) is 109 Å². The van der Waals surface area contributed by atoms with Crippen LogP contribution in [0.1, 0.15) is 65.2 Å². The number of rotatable bonds is 31. The molecule has 6 aromatic carbocycles. The predicted octanol–water partition coefficient (Wildman–Crippen LogP) is 1.94. The van der Waals surface area contributed by atoms with Crippen LogP contribution in [0.4, 0.5) is 0 Å². The Labute approximate surface area is 510 Å². The number of carboxylic acid groups (broad SMARTS) is 1. The third-order valence-electron chi connectivity index (χ3n) is 12.7. The van der Waals surface area contributed by atoms with Gasteiger partial charge in [0.1, 0.15) is 79.4 Å². The van der Waals surface area contributed by atoms with Gasteiger partial charge in [-0.2, -0.15) is 0 Å². The van der Waals surface area contributed by atoms with Crippen molar-refractivity contribution >= 4 is 82.2 Å². The average Bonchev–Trinajstić information content (AvgIpc) is 3.66. The fraction of sp³-hybridized carbons (Fsp3) is 0.344. The molecule has 19 heteroatoms. The van der Waals surface area contributed by atoms with Crippen molar-refractivity contribution in [2.45, 2.75) is 77.4 Å². The molecular formula is C64H78Br2O15P2. The van der Waals surface area contributed by atoms with E-state index in [1.807, 2.05) is 0 Å². The number of hydrogen-bond donors (Lipinski definition) is 2. The van der Waals surface area contributed by atoms with Gasteiger partial charge in [0.05, 0.1) is 18.9 Å². The molecule has 0 heterocycles. The number of hydrogen-bond acceptors (Lipinski definition) is 14. The van der Waals surface area contributed by atoms with Gasteiger partial charge in [0.25, 0.3) is 0 Å². The molecule has 83 heavy (non-hydrogen) atoms. The second-order valence-electron chi connectivity index (χ2n) is 18.5. The van der Waals surface area contributed by atoms with Gasteiger partial charge in [-0.05, 0) is 125 Å². The molecule has 0 aliphatic heterocycles. The van der Waals surface area contributed by atoms with Crippen LogP contribution in [0.3, 0.4) is 0 Å². The largest absolute Gasteiger partial charge is 1.00 e. The van der Waals surface area contributed by atoms with Crippen molar-refractivity contribution in [3.63, 3.8) is 0 Å². The molecule has 6 aromatic rings. The van der Waals surface area contributed by atoms with Gasteiger partial charge in [-0.15, -0.1) is 0 Å². The minimum atomic E-state index is -1.87. The predicted molar refractivity (Wildman–Crippen MR) is 319 cm³/mol. The van der Waals surface area contributed by atoms with Crippen LogP contribution in [0.2, 0.25) is 0 Å². The zero-order valence-electron chi connectivity index (χ0n) is 47.6. The molecule has 0 amide bonds. The van der Waals surface area contributed by atoms with Gasteiger partial charge in [0.15, 0.2) is 12.2 Å². The normalized spacial score (nSPS) is 11.4. The molecule has 15 nitrogen and oxygen atoms in total. The summed E-state index contributed by atoms with van der Waals surface area (Å²) in [6, 6.07) is 64.7. The maximum Gasteiger partial charge on any atom is 0.347 e. The fourth-order valence-electron chi connectivity index (χ4n) is 8.91. The smallest absolute Gasteiger partial charge is 0.347 e. The molecule has 0 spiro atoms. The molecule has 6 rings (SSSR count). The number of unbranched alkanes of at least 4 members (excludes halogenated alkanes) is 4. The van der Waals surface area contributed by atoms with Gasteiger partial charge in [0, 0.05) is 27.1 Å². The first-order valence-electron chi connectivity index (χ1n) is 27.1. The Balaban J connectivity index is 0.000000471. The Morgan fingerprint density at radius 1 is 0.398 bits per heavy atom. The van der Waals surface area contributed by atoms with Gasteiger partial charge < -0.3 is 77.3 Å². The van der Waals surface area contributed by atoms with E-state index in [2.05, 4.69) is 201 Å². The highest BCUT2D eigenvalue weighted by Crippen LogP contribution is 2.57. The quantitative estimate of drug-likeness (QED) is 0.0276. The molecule has 2 atom stereocenters. The number of carboxylic acids is 1. The first kappa shape index (κ1) is 72.9. The minimum Gasteiger partial charge on any atom is -1.00 e. The molecule has 0 aliphatic rings. The van der Waals surface area contributed by atoms with Crippen LogP contribution in [-0.4, -0.2) is 124 Å². The second kappa shape index (κ2) is 41.8. The summed E-state index contributed by atoms with van der Waals surface area (Å²) < 4.78 is 33.4. The minimum absolute atomic E-state index is 0. The van der Waals surface area contributed by atoms with Crippen LogP contribution in [0, 0.1) is 0 Å². The maximum atomic E-state index is 12.2. The molecule has 0 radical (unpaired) electrons. The topological polar surface area (TPSA) is 207 Å².